The summed E-state index contributed by atoms with van der Waals surface area (Å²) in [6.07, 6.45) is 2.13. The molecule has 0 saturated carbocycles. The number of para-hydroxylation sites is 3. The van der Waals surface area contributed by atoms with Crippen molar-refractivity contribution in [1.82, 2.24) is 9.38 Å². The second-order valence-electron chi connectivity index (χ2n) is 10.3. The Bertz CT molecular complexity index is 2050. The summed E-state index contributed by atoms with van der Waals surface area (Å²) in [6.45, 7) is 0.799. The average molecular weight is 519 g/mol. The third kappa shape index (κ3) is 3.59. The molecule has 3 heterocycles. The number of ether oxygens (including phenoxy) is 1. The Balaban J connectivity index is 1.22. The number of benzene rings is 5. The van der Waals surface area contributed by atoms with Crippen LogP contribution in [0.15, 0.2) is 128 Å². The van der Waals surface area contributed by atoms with E-state index in [-0.39, 0.29) is 0 Å². The van der Waals surface area contributed by atoms with Crippen molar-refractivity contribution in [1.29, 1.82) is 0 Å². The third-order valence-corrected chi connectivity index (χ3v) is 7.76. The minimum Gasteiger partial charge on any atom is -0.457 e. The molecule has 0 atom stereocenters. The van der Waals surface area contributed by atoms with Crippen molar-refractivity contribution < 1.29 is 4.74 Å². The van der Waals surface area contributed by atoms with Crippen LogP contribution in [0.2, 0.25) is 0 Å². The van der Waals surface area contributed by atoms with Crippen molar-refractivity contribution >= 4 is 44.4 Å². The van der Waals surface area contributed by atoms with E-state index in [1.807, 2.05) is 24.3 Å². The molecule has 0 radical (unpaired) electrons. The van der Waals surface area contributed by atoms with Crippen molar-refractivity contribution in [3.05, 3.63) is 128 Å². The fraction of sp³-hybridized carbons (Fsp3) is 0.0571. The topological polar surface area (TPSA) is 33.0 Å². The summed E-state index contributed by atoms with van der Waals surface area (Å²) >= 11 is 0. The fourth-order valence-electron chi connectivity index (χ4n) is 5.87. The number of imidazole rings is 1. The van der Waals surface area contributed by atoms with Gasteiger partial charge in [-0.15, -0.1) is 0 Å². The third-order valence-electron chi connectivity index (χ3n) is 7.76. The molecule has 40 heavy (non-hydrogen) atoms. The van der Waals surface area contributed by atoms with Gasteiger partial charge in [-0.2, -0.15) is 0 Å². The van der Waals surface area contributed by atoms with Crippen LogP contribution in [0.25, 0.3) is 38.6 Å². The van der Waals surface area contributed by atoms with Gasteiger partial charge in [0, 0.05) is 41.3 Å². The number of hydrogen-bond donors (Lipinski definition) is 0. The lowest BCUT2D eigenvalue weighted by atomic mass is 10.1. The standard InChI is InChI=1S/C35H26N4O/c1-37-23-39(34-17-8-7-16-33(34)37)25-12-9-13-26(20-25)40-27-18-19-28-29-14-5-6-15-32(29)38-22-31(24-10-3-2-4-11-24)36-35(38)30(28)21-27/h2-22H,23H2,1H3. The molecule has 0 aliphatic carbocycles. The highest BCUT2D eigenvalue weighted by Gasteiger charge is 2.24. The molecule has 0 bridgehead atoms. The van der Waals surface area contributed by atoms with Crippen molar-refractivity contribution in [2.24, 2.45) is 0 Å². The molecule has 5 heteroatoms. The maximum atomic E-state index is 6.48. The van der Waals surface area contributed by atoms with Crippen LogP contribution >= 0.6 is 0 Å². The van der Waals surface area contributed by atoms with E-state index in [2.05, 4.69) is 125 Å². The SMILES string of the molecule is CN1CN(c2cccc(Oc3ccc4c5ccccc5n5cc(-c6ccccc6)nc5c4c3)c2)c2ccccc21. The van der Waals surface area contributed by atoms with E-state index in [9.17, 15) is 0 Å². The van der Waals surface area contributed by atoms with Gasteiger partial charge < -0.3 is 14.5 Å². The predicted molar refractivity (Wildman–Crippen MR) is 164 cm³/mol. The van der Waals surface area contributed by atoms with Crippen LogP contribution in [-0.4, -0.2) is 23.1 Å². The summed E-state index contributed by atoms with van der Waals surface area (Å²) < 4.78 is 8.68. The van der Waals surface area contributed by atoms with Crippen LogP contribution in [-0.2, 0) is 0 Å². The molecular weight excluding hydrogens is 492 g/mol. The highest BCUT2D eigenvalue weighted by molar-refractivity contribution is 6.12. The molecule has 0 unspecified atom stereocenters. The number of aromatic nitrogens is 2. The molecule has 8 rings (SSSR count). The van der Waals surface area contributed by atoms with Gasteiger partial charge in [0.05, 0.1) is 29.3 Å². The van der Waals surface area contributed by atoms with Gasteiger partial charge >= 0.3 is 0 Å². The molecule has 0 N–H and O–H groups in total. The molecular formula is C35H26N4O. The molecule has 5 nitrogen and oxygen atoms in total. The number of anilines is 3. The first-order valence-electron chi connectivity index (χ1n) is 13.5. The monoisotopic (exact) mass is 518 g/mol. The summed E-state index contributed by atoms with van der Waals surface area (Å²) in [4.78, 5) is 9.67. The van der Waals surface area contributed by atoms with Crippen molar-refractivity contribution in [3.63, 3.8) is 0 Å². The molecule has 1 aliphatic rings. The van der Waals surface area contributed by atoms with Gasteiger partial charge in [0.2, 0.25) is 0 Å². The van der Waals surface area contributed by atoms with E-state index < -0.39 is 0 Å². The first-order chi connectivity index (χ1) is 19.7. The average Bonchev–Trinajstić information content (AvgIpc) is 3.61. The van der Waals surface area contributed by atoms with Crippen LogP contribution < -0.4 is 14.5 Å². The highest BCUT2D eigenvalue weighted by atomic mass is 16.5. The lowest BCUT2D eigenvalue weighted by molar-refractivity contribution is 0.483. The van der Waals surface area contributed by atoms with E-state index in [1.165, 1.54) is 16.8 Å². The van der Waals surface area contributed by atoms with Gasteiger partial charge in [0.25, 0.3) is 0 Å². The maximum absolute atomic E-state index is 6.48. The quantitative estimate of drug-likeness (QED) is 0.218. The zero-order chi connectivity index (χ0) is 26.6. The Kier molecular flexibility index (Phi) is 5.04. The predicted octanol–water partition coefficient (Wildman–Crippen LogP) is 8.65. The van der Waals surface area contributed by atoms with E-state index >= 15 is 0 Å². The van der Waals surface area contributed by atoms with Gasteiger partial charge in [-0.25, -0.2) is 4.98 Å². The Hall–Kier alpha value is -5.29. The van der Waals surface area contributed by atoms with Crippen molar-refractivity contribution in [2.75, 3.05) is 23.5 Å². The molecule has 0 saturated heterocycles. The fourth-order valence-corrected chi connectivity index (χ4v) is 5.87. The molecule has 0 spiro atoms. The summed E-state index contributed by atoms with van der Waals surface area (Å²) in [7, 11) is 2.12. The second kappa shape index (κ2) is 8.89. The first kappa shape index (κ1) is 22.7. The maximum Gasteiger partial charge on any atom is 0.146 e. The first-order valence-corrected chi connectivity index (χ1v) is 13.5. The van der Waals surface area contributed by atoms with Gasteiger partial charge in [-0.1, -0.05) is 66.7 Å². The van der Waals surface area contributed by atoms with Gasteiger partial charge in [-0.05, 0) is 53.9 Å². The summed E-state index contributed by atoms with van der Waals surface area (Å²) in [6, 6.07) is 42.0. The van der Waals surface area contributed by atoms with Crippen molar-refractivity contribution in [3.8, 4) is 22.8 Å². The Morgan fingerprint density at radius 1 is 0.650 bits per heavy atom. The summed E-state index contributed by atoms with van der Waals surface area (Å²) in [5.74, 6) is 1.58. The molecule has 5 aromatic carbocycles. The smallest absolute Gasteiger partial charge is 0.146 e. The largest absolute Gasteiger partial charge is 0.457 e. The second-order valence-corrected chi connectivity index (χ2v) is 10.3. The van der Waals surface area contributed by atoms with E-state index in [1.54, 1.807) is 0 Å². The minimum absolute atomic E-state index is 0.782. The lowest BCUT2D eigenvalue weighted by Gasteiger charge is -2.20. The molecule has 0 fully saturated rings. The van der Waals surface area contributed by atoms with Crippen LogP contribution in [0.3, 0.4) is 0 Å². The Morgan fingerprint density at radius 2 is 1.43 bits per heavy atom. The Labute approximate surface area is 232 Å². The van der Waals surface area contributed by atoms with Gasteiger partial charge in [-0.3, -0.25) is 4.40 Å². The Morgan fingerprint density at radius 3 is 2.33 bits per heavy atom. The van der Waals surface area contributed by atoms with E-state index in [0.717, 1.165) is 57.0 Å². The highest BCUT2D eigenvalue weighted by Crippen LogP contribution is 2.41. The van der Waals surface area contributed by atoms with E-state index in [0.29, 0.717) is 0 Å². The van der Waals surface area contributed by atoms with Crippen molar-refractivity contribution in [2.45, 2.75) is 0 Å². The zero-order valence-electron chi connectivity index (χ0n) is 22.0. The molecule has 2 aromatic heterocycles. The number of nitrogens with zero attached hydrogens (tertiary/aromatic N) is 4. The van der Waals surface area contributed by atoms with Gasteiger partial charge in [0.1, 0.15) is 17.1 Å². The number of fused-ring (bicyclic) bond motifs is 7. The molecule has 1 aliphatic heterocycles. The normalized spacial score (nSPS) is 12.9. The summed E-state index contributed by atoms with van der Waals surface area (Å²) in [5, 5.41) is 3.41. The zero-order valence-corrected chi connectivity index (χ0v) is 22.0. The molecule has 0 amide bonds. The van der Waals surface area contributed by atoms with Crippen LogP contribution in [0, 0.1) is 0 Å². The number of rotatable bonds is 4. The summed E-state index contributed by atoms with van der Waals surface area (Å²) in [5.41, 5.74) is 7.64. The van der Waals surface area contributed by atoms with Gasteiger partial charge in [0.15, 0.2) is 0 Å². The molecule has 192 valence electrons. The van der Waals surface area contributed by atoms with Crippen LogP contribution in [0.4, 0.5) is 17.1 Å². The number of pyridine rings is 1. The van der Waals surface area contributed by atoms with Crippen LogP contribution in [0.1, 0.15) is 0 Å². The number of hydrogen-bond acceptors (Lipinski definition) is 4. The lowest BCUT2D eigenvalue weighted by Crippen LogP contribution is -2.23. The van der Waals surface area contributed by atoms with E-state index in [4.69, 9.17) is 9.72 Å². The molecule has 7 aromatic rings. The van der Waals surface area contributed by atoms with Crippen LogP contribution in [0.5, 0.6) is 11.5 Å². The minimum atomic E-state index is 0.782.